The molecule has 0 radical (unpaired) electrons. The lowest BCUT2D eigenvalue weighted by Crippen LogP contribution is -2.18. The van der Waals surface area contributed by atoms with E-state index in [1.165, 1.54) is 18.3 Å². The molecule has 5 heteroatoms. The first-order valence-electron chi connectivity index (χ1n) is 6.06. The smallest absolute Gasteiger partial charge is 0.338 e. The SMILES string of the molecule is Cc1cccc(NC(=O)c2ncccc2C(=O)O)c1C. The summed E-state index contributed by atoms with van der Waals surface area (Å²) in [5, 5.41) is 11.8. The van der Waals surface area contributed by atoms with E-state index in [-0.39, 0.29) is 11.3 Å². The van der Waals surface area contributed by atoms with E-state index >= 15 is 0 Å². The fourth-order valence-electron chi connectivity index (χ4n) is 1.83. The largest absolute Gasteiger partial charge is 0.478 e. The topological polar surface area (TPSA) is 79.3 Å². The Morgan fingerprint density at radius 2 is 1.90 bits per heavy atom. The van der Waals surface area contributed by atoms with Gasteiger partial charge >= 0.3 is 5.97 Å². The molecular weight excluding hydrogens is 256 g/mol. The number of hydrogen-bond donors (Lipinski definition) is 2. The van der Waals surface area contributed by atoms with Crippen molar-refractivity contribution in [3.8, 4) is 0 Å². The van der Waals surface area contributed by atoms with E-state index < -0.39 is 11.9 Å². The van der Waals surface area contributed by atoms with Crippen LogP contribution in [0.2, 0.25) is 0 Å². The van der Waals surface area contributed by atoms with Crippen LogP contribution in [0.3, 0.4) is 0 Å². The zero-order valence-electron chi connectivity index (χ0n) is 11.2. The van der Waals surface area contributed by atoms with Crippen LogP contribution in [-0.2, 0) is 0 Å². The first-order valence-corrected chi connectivity index (χ1v) is 6.06. The van der Waals surface area contributed by atoms with E-state index in [0.717, 1.165) is 11.1 Å². The first kappa shape index (κ1) is 13.7. The summed E-state index contributed by atoms with van der Waals surface area (Å²) < 4.78 is 0. The van der Waals surface area contributed by atoms with E-state index in [2.05, 4.69) is 10.3 Å². The third-order valence-corrected chi connectivity index (χ3v) is 3.11. The molecule has 20 heavy (non-hydrogen) atoms. The summed E-state index contributed by atoms with van der Waals surface area (Å²) in [5.74, 6) is -1.71. The van der Waals surface area contributed by atoms with Crippen LogP contribution in [-0.4, -0.2) is 22.0 Å². The predicted molar refractivity (Wildman–Crippen MR) is 75.1 cm³/mol. The summed E-state index contributed by atoms with van der Waals surface area (Å²) in [6.45, 7) is 3.83. The van der Waals surface area contributed by atoms with Crippen LogP contribution in [0.5, 0.6) is 0 Å². The Morgan fingerprint density at radius 3 is 2.60 bits per heavy atom. The van der Waals surface area contributed by atoms with Crippen LogP contribution in [0.15, 0.2) is 36.5 Å². The van der Waals surface area contributed by atoms with E-state index in [9.17, 15) is 9.59 Å². The van der Waals surface area contributed by atoms with Gasteiger partial charge in [0.05, 0.1) is 5.56 Å². The predicted octanol–water partition coefficient (Wildman–Crippen LogP) is 2.65. The number of pyridine rings is 1. The molecule has 0 saturated carbocycles. The van der Waals surface area contributed by atoms with Crippen molar-refractivity contribution >= 4 is 17.6 Å². The van der Waals surface area contributed by atoms with Crippen LogP contribution in [0.4, 0.5) is 5.69 Å². The first-order chi connectivity index (χ1) is 9.50. The summed E-state index contributed by atoms with van der Waals surface area (Å²) in [5.41, 5.74) is 2.42. The van der Waals surface area contributed by atoms with Gasteiger partial charge in [0.25, 0.3) is 5.91 Å². The molecule has 102 valence electrons. The van der Waals surface area contributed by atoms with Gasteiger partial charge in [0.2, 0.25) is 0 Å². The van der Waals surface area contributed by atoms with Crippen molar-refractivity contribution < 1.29 is 14.7 Å². The Morgan fingerprint density at radius 1 is 1.15 bits per heavy atom. The molecule has 2 N–H and O–H groups in total. The molecule has 0 spiro atoms. The number of carboxylic acids is 1. The lowest BCUT2D eigenvalue weighted by molar-refractivity contribution is 0.0691. The van der Waals surface area contributed by atoms with Crippen LogP contribution >= 0.6 is 0 Å². The highest BCUT2D eigenvalue weighted by Gasteiger charge is 2.18. The number of carbonyl (C=O) groups excluding carboxylic acids is 1. The Bertz CT molecular complexity index is 681. The van der Waals surface area contributed by atoms with Gasteiger partial charge in [0, 0.05) is 11.9 Å². The molecule has 0 aliphatic heterocycles. The van der Waals surface area contributed by atoms with Crippen LogP contribution in [0, 0.1) is 13.8 Å². The van der Waals surface area contributed by atoms with Crippen molar-refractivity contribution in [2.75, 3.05) is 5.32 Å². The summed E-state index contributed by atoms with van der Waals surface area (Å²) in [4.78, 5) is 27.1. The Balaban J connectivity index is 2.34. The van der Waals surface area contributed by atoms with Crippen molar-refractivity contribution in [3.05, 3.63) is 58.9 Å². The Labute approximate surface area is 116 Å². The average Bonchev–Trinajstić information content (AvgIpc) is 2.43. The highest BCUT2D eigenvalue weighted by atomic mass is 16.4. The van der Waals surface area contributed by atoms with Crippen molar-refractivity contribution in [3.63, 3.8) is 0 Å². The maximum Gasteiger partial charge on any atom is 0.338 e. The highest BCUT2D eigenvalue weighted by molar-refractivity contribution is 6.09. The van der Waals surface area contributed by atoms with Crippen molar-refractivity contribution in [1.82, 2.24) is 4.98 Å². The number of rotatable bonds is 3. The number of benzene rings is 1. The van der Waals surface area contributed by atoms with Crippen LogP contribution in [0.1, 0.15) is 32.0 Å². The fraction of sp³-hybridized carbons (Fsp3) is 0.133. The second kappa shape index (κ2) is 5.52. The molecule has 1 heterocycles. The molecule has 2 aromatic rings. The molecule has 0 atom stereocenters. The number of aromatic carboxylic acids is 1. The highest BCUT2D eigenvalue weighted by Crippen LogP contribution is 2.19. The van der Waals surface area contributed by atoms with Crippen molar-refractivity contribution in [1.29, 1.82) is 0 Å². The van der Waals surface area contributed by atoms with Crippen molar-refractivity contribution in [2.24, 2.45) is 0 Å². The van der Waals surface area contributed by atoms with E-state index in [1.807, 2.05) is 26.0 Å². The number of hydrogen-bond acceptors (Lipinski definition) is 3. The van der Waals surface area contributed by atoms with E-state index in [4.69, 9.17) is 5.11 Å². The molecule has 0 bridgehead atoms. The number of nitrogens with zero attached hydrogens (tertiary/aromatic N) is 1. The second-order valence-corrected chi connectivity index (χ2v) is 4.41. The second-order valence-electron chi connectivity index (χ2n) is 4.41. The number of aryl methyl sites for hydroxylation is 1. The maximum atomic E-state index is 12.2. The third-order valence-electron chi connectivity index (χ3n) is 3.11. The maximum absolute atomic E-state index is 12.2. The minimum absolute atomic E-state index is 0.0964. The Kier molecular flexibility index (Phi) is 3.79. The molecule has 1 aromatic carbocycles. The van der Waals surface area contributed by atoms with Gasteiger partial charge in [-0.15, -0.1) is 0 Å². The number of amides is 1. The van der Waals surface area contributed by atoms with Crippen LogP contribution < -0.4 is 5.32 Å². The standard InChI is InChI=1S/C15H14N2O3/c1-9-5-3-7-12(10(9)2)17-14(18)13-11(15(19)20)6-4-8-16-13/h3-8H,1-2H3,(H,17,18)(H,19,20). The number of carboxylic acid groups (broad SMARTS) is 1. The van der Waals surface area contributed by atoms with Gasteiger partial charge < -0.3 is 10.4 Å². The van der Waals surface area contributed by atoms with E-state index in [0.29, 0.717) is 5.69 Å². The molecule has 5 nitrogen and oxygen atoms in total. The molecule has 0 unspecified atom stereocenters. The fourth-order valence-corrected chi connectivity index (χ4v) is 1.83. The molecule has 0 aliphatic carbocycles. The normalized spacial score (nSPS) is 10.1. The Hall–Kier alpha value is -2.69. The minimum atomic E-state index is -1.18. The third kappa shape index (κ3) is 2.66. The molecule has 0 fully saturated rings. The average molecular weight is 270 g/mol. The number of carbonyl (C=O) groups is 2. The molecule has 1 aromatic heterocycles. The van der Waals surface area contributed by atoms with Gasteiger partial charge in [-0.25, -0.2) is 4.79 Å². The van der Waals surface area contributed by atoms with Gasteiger partial charge in [-0.3, -0.25) is 9.78 Å². The van der Waals surface area contributed by atoms with Gasteiger partial charge in [0.15, 0.2) is 0 Å². The number of aromatic nitrogens is 1. The molecule has 2 rings (SSSR count). The summed E-state index contributed by atoms with van der Waals surface area (Å²) in [6, 6.07) is 8.37. The molecular formula is C15H14N2O3. The van der Waals surface area contributed by atoms with Crippen molar-refractivity contribution in [2.45, 2.75) is 13.8 Å². The lowest BCUT2D eigenvalue weighted by Gasteiger charge is -2.10. The zero-order valence-corrected chi connectivity index (χ0v) is 11.2. The molecule has 0 saturated heterocycles. The van der Waals surface area contributed by atoms with Gasteiger partial charge in [-0.05, 0) is 43.2 Å². The summed E-state index contributed by atoms with van der Waals surface area (Å²) in [7, 11) is 0. The zero-order chi connectivity index (χ0) is 14.7. The van der Waals surface area contributed by atoms with Gasteiger partial charge in [0.1, 0.15) is 5.69 Å². The monoisotopic (exact) mass is 270 g/mol. The van der Waals surface area contributed by atoms with Gasteiger partial charge in [-0.1, -0.05) is 12.1 Å². The molecule has 0 aliphatic rings. The number of anilines is 1. The van der Waals surface area contributed by atoms with Crippen LogP contribution in [0.25, 0.3) is 0 Å². The summed E-state index contributed by atoms with van der Waals surface area (Å²) >= 11 is 0. The summed E-state index contributed by atoms with van der Waals surface area (Å²) in [6.07, 6.45) is 1.39. The lowest BCUT2D eigenvalue weighted by atomic mass is 10.1. The van der Waals surface area contributed by atoms with Gasteiger partial charge in [-0.2, -0.15) is 0 Å². The molecule has 1 amide bonds. The number of nitrogens with one attached hydrogen (secondary N) is 1. The van der Waals surface area contributed by atoms with E-state index in [1.54, 1.807) is 6.07 Å². The minimum Gasteiger partial charge on any atom is -0.478 e. The quantitative estimate of drug-likeness (QED) is 0.898.